The van der Waals surface area contributed by atoms with Gasteiger partial charge in [-0.25, -0.2) is 18.6 Å². The van der Waals surface area contributed by atoms with Crippen LogP contribution in [0.25, 0.3) is 16.9 Å². The lowest BCUT2D eigenvalue weighted by Crippen LogP contribution is -2.67. The molecule has 4 aromatic carbocycles. The van der Waals surface area contributed by atoms with E-state index < -0.39 is 25.9 Å². The van der Waals surface area contributed by atoms with Gasteiger partial charge in [0.1, 0.15) is 11.6 Å². The molecule has 1 aromatic heterocycles. The molecule has 0 radical (unpaired) electrons. The number of aromatic carboxylic acids is 1. The average Bonchev–Trinajstić information content (AvgIpc) is 3.47. The summed E-state index contributed by atoms with van der Waals surface area (Å²) in [5.74, 6) is -2.60. The van der Waals surface area contributed by atoms with Crippen LogP contribution in [0.2, 0.25) is 15.1 Å². The third kappa shape index (κ3) is 6.23. The highest BCUT2D eigenvalue weighted by molar-refractivity contribution is 6.99. The second-order valence-corrected chi connectivity index (χ2v) is 18.3. The minimum absolute atomic E-state index is 0.0444. The number of rotatable bonds is 8. The van der Waals surface area contributed by atoms with E-state index in [0.717, 1.165) is 29.3 Å². The minimum atomic E-state index is -2.90. The molecule has 0 bridgehead atoms. The third-order valence-corrected chi connectivity index (χ3v) is 14.9. The first-order chi connectivity index (χ1) is 22.9. The van der Waals surface area contributed by atoms with Gasteiger partial charge in [-0.2, -0.15) is 0 Å². The Bertz CT molecular complexity index is 1910. The third-order valence-electron chi connectivity index (χ3n) is 9.22. The molecule has 2 atom stereocenters. The molecule has 6 rings (SSSR count). The summed E-state index contributed by atoms with van der Waals surface area (Å²) in [6.07, 6.45) is 2.62. The first-order valence-electron chi connectivity index (χ1n) is 16.0. The van der Waals surface area contributed by atoms with Gasteiger partial charge in [0, 0.05) is 17.6 Å². The van der Waals surface area contributed by atoms with E-state index in [1.807, 2.05) is 36.4 Å². The maximum absolute atomic E-state index is 15.9. The number of hydrogen-bond donors (Lipinski definition) is 1. The molecule has 48 heavy (non-hydrogen) atoms. The van der Waals surface area contributed by atoms with Gasteiger partial charge in [-0.15, -0.1) is 0 Å². The van der Waals surface area contributed by atoms with Crippen molar-refractivity contribution in [2.45, 2.75) is 63.5 Å². The molecule has 2 unspecified atom stereocenters. The van der Waals surface area contributed by atoms with Crippen LogP contribution < -0.4 is 10.4 Å². The molecule has 0 amide bonds. The van der Waals surface area contributed by atoms with E-state index in [0.29, 0.717) is 18.7 Å². The van der Waals surface area contributed by atoms with Crippen LogP contribution in [0, 0.1) is 11.6 Å². The fourth-order valence-corrected chi connectivity index (χ4v) is 12.2. The first kappa shape index (κ1) is 34.1. The van der Waals surface area contributed by atoms with E-state index in [-0.39, 0.29) is 49.7 Å². The second-order valence-electron chi connectivity index (χ2n) is 13.3. The molecular weight excluding hydrogens is 669 g/mol. The Hall–Kier alpha value is -3.82. The number of benzene rings is 4. The van der Waals surface area contributed by atoms with E-state index in [1.165, 1.54) is 28.8 Å². The monoisotopic (exact) mass is 704 g/mol. The van der Waals surface area contributed by atoms with Crippen molar-refractivity contribution in [3.05, 3.63) is 130 Å². The molecule has 1 heterocycles. The summed E-state index contributed by atoms with van der Waals surface area (Å²) in [5.41, 5.74) is 0.133. The van der Waals surface area contributed by atoms with E-state index >= 15 is 4.39 Å². The van der Waals surface area contributed by atoms with Crippen LogP contribution in [0.4, 0.5) is 8.78 Å². The van der Waals surface area contributed by atoms with Crippen LogP contribution in [0.3, 0.4) is 0 Å². The lowest BCUT2D eigenvalue weighted by molar-refractivity contribution is 0.0691. The second kappa shape index (κ2) is 13.6. The van der Waals surface area contributed by atoms with Crippen molar-refractivity contribution in [2.24, 2.45) is 0 Å². The Balaban J connectivity index is 1.50. The van der Waals surface area contributed by atoms with Gasteiger partial charge < -0.3 is 9.53 Å². The zero-order valence-electron chi connectivity index (χ0n) is 26.9. The molecule has 0 spiro atoms. The number of carboxylic acid groups (broad SMARTS) is 1. The molecule has 248 valence electrons. The lowest BCUT2D eigenvalue weighted by Gasteiger charge is -2.46. The van der Waals surface area contributed by atoms with E-state index in [1.54, 1.807) is 6.07 Å². The highest BCUT2D eigenvalue weighted by atomic mass is 35.5. The predicted octanol–water partition coefficient (Wildman–Crippen LogP) is 9.43. The van der Waals surface area contributed by atoms with Crippen molar-refractivity contribution in [3.63, 3.8) is 0 Å². The zero-order valence-corrected chi connectivity index (χ0v) is 29.4. The van der Waals surface area contributed by atoms with Gasteiger partial charge in [-0.05, 0) is 65.0 Å². The highest BCUT2D eigenvalue weighted by Crippen LogP contribution is 2.44. The minimum Gasteiger partial charge on any atom is -0.476 e. The van der Waals surface area contributed by atoms with E-state index in [4.69, 9.17) is 27.6 Å². The van der Waals surface area contributed by atoms with Crippen molar-refractivity contribution >= 4 is 47.9 Å². The van der Waals surface area contributed by atoms with Gasteiger partial charge in [0.15, 0.2) is 11.5 Å². The molecule has 1 fully saturated rings. The van der Waals surface area contributed by atoms with Crippen molar-refractivity contribution in [2.75, 3.05) is 0 Å². The predicted molar refractivity (Wildman–Crippen MR) is 190 cm³/mol. The maximum atomic E-state index is 15.9. The Morgan fingerprint density at radius 3 is 2.12 bits per heavy atom. The molecule has 5 nitrogen and oxygen atoms in total. The molecule has 0 aliphatic heterocycles. The molecule has 1 N–H and O–H groups in total. The summed E-state index contributed by atoms with van der Waals surface area (Å²) >= 11 is 12.4. The molecule has 0 saturated heterocycles. The normalized spacial score (nSPS) is 17.0. The van der Waals surface area contributed by atoms with Crippen molar-refractivity contribution in [3.8, 4) is 16.9 Å². The van der Waals surface area contributed by atoms with Gasteiger partial charge in [-0.1, -0.05) is 117 Å². The van der Waals surface area contributed by atoms with Crippen LogP contribution in [0.15, 0.2) is 97.1 Å². The van der Waals surface area contributed by atoms with Gasteiger partial charge >= 0.3 is 5.97 Å². The van der Waals surface area contributed by atoms with Crippen molar-refractivity contribution in [1.29, 1.82) is 0 Å². The molecule has 10 heteroatoms. The number of carbonyl (C=O) groups is 1. The van der Waals surface area contributed by atoms with Crippen LogP contribution in [0.1, 0.15) is 68.7 Å². The number of imidazole rings is 1. The summed E-state index contributed by atoms with van der Waals surface area (Å²) in [6.45, 7) is 6.69. The zero-order chi connectivity index (χ0) is 34.2. The quantitative estimate of drug-likeness (QED) is 0.164. The number of nitrogens with zero attached hydrogens (tertiary/aromatic N) is 2. The summed E-state index contributed by atoms with van der Waals surface area (Å²) in [5, 5.41) is 12.2. The molecule has 1 aliphatic rings. The Labute approximate surface area is 290 Å². The summed E-state index contributed by atoms with van der Waals surface area (Å²) in [7, 11) is -2.90. The van der Waals surface area contributed by atoms with Crippen molar-refractivity contribution < 1.29 is 23.1 Å². The fraction of sp³-hybridized carbons (Fsp3) is 0.263. The number of hydrogen-bond acceptors (Lipinski definition) is 3. The van der Waals surface area contributed by atoms with Crippen LogP contribution in [-0.4, -0.2) is 35.0 Å². The van der Waals surface area contributed by atoms with Crippen molar-refractivity contribution in [1.82, 2.24) is 9.55 Å². The number of halogens is 4. The molecule has 5 aromatic rings. The number of carboxylic acids is 1. The lowest BCUT2D eigenvalue weighted by atomic mass is 9.86. The summed E-state index contributed by atoms with van der Waals surface area (Å²) in [6, 6.07) is 29.3. The van der Waals surface area contributed by atoms with Gasteiger partial charge in [0.2, 0.25) is 0 Å². The Morgan fingerprint density at radius 2 is 1.54 bits per heavy atom. The Morgan fingerprint density at radius 1 is 0.896 bits per heavy atom. The summed E-state index contributed by atoms with van der Waals surface area (Å²) < 4.78 is 39.1. The molecular formula is C38H36Cl2F2N2O3Si. The van der Waals surface area contributed by atoms with Gasteiger partial charge in [-0.3, -0.25) is 4.57 Å². The van der Waals surface area contributed by atoms with E-state index in [2.05, 4.69) is 50.0 Å². The largest absolute Gasteiger partial charge is 0.476 e. The van der Waals surface area contributed by atoms with Gasteiger partial charge in [0.05, 0.1) is 21.4 Å². The van der Waals surface area contributed by atoms with E-state index in [9.17, 15) is 14.3 Å². The smallest absolute Gasteiger partial charge is 0.356 e. The standard InChI is InChI=1S/C38H36Cl2F2N2O3Si/c1-38(2,3)48(27-14-6-4-7-15-27,28-16-8-5-9-17-28)47-26-13-10-12-25(22-26)36-43-34(37(45)46)35(24-20-21-31(41)30(40)23-24)44(36)32-19-11-18-29(39)33(32)42/h4-9,11,14-21,23,25-26H,10,12-13,22H2,1-3H3,(H,45,46). The highest BCUT2D eigenvalue weighted by Gasteiger charge is 2.52. The number of aromatic nitrogens is 2. The molecule has 1 saturated carbocycles. The maximum Gasteiger partial charge on any atom is 0.356 e. The van der Waals surface area contributed by atoms with Crippen LogP contribution >= 0.6 is 23.2 Å². The Kier molecular flexibility index (Phi) is 9.64. The topological polar surface area (TPSA) is 64.3 Å². The van der Waals surface area contributed by atoms with Gasteiger partial charge in [0.25, 0.3) is 8.32 Å². The summed E-state index contributed by atoms with van der Waals surface area (Å²) in [4.78, 5) is 17.4. The SMILES string of the molecule is CC(C)(C)[Si](OC1CCCC(c2nc(C(=O)O)c(-c3ccc(F)c(Cl)c3)n2-c2cccc(Cl)c2F)C1)(c1ccccc1)c1ccccc1. The fourth-order valence-electron chi connectivity index (χ4n) is 7.11. The van der Waals surface area contributed by atoms with Crippen LogP contribution in [0.5, 0.6) is 0 Å². The van der Waals surface area contributed by atoms with Crippen LogP contribution in [-0.2, 0) is 4.43 Å². The average molecular weight is 706 g/mol. The molecule has 1 aliphatic carbocycles. The first-order valence-corrected chi connectivity index (χ1v) is 18.6.